The van der Waals surface area contributed by atoms with E-state index in [4.69, 9.17) is 20.8 Å². The van der Waals surface area contributed by atoms with Crippen LogP contribution in [0.3, 0.4) is 0 Å². The van der Waals surface area contributed by atoms with Crippen LogP contribution in [0.25, 0.3) is 17.2 Å². The minimum atomic E-state index is -0.701. The van der Waals surface area contributed by atoms with E-state index in [0.717, 1.165) is 0 Å². The van der Waals surface area contributed by atoms with E-state index < -0.39 is 11.8 Å². The lowest BCUT2D eigenvalue weighted by Crippen LogP contribution is -2.35. The summed E-state index contributed by atoms with van der Waals surface area (Å²) >= 11 is 0. The van der Waals surface area contributed by atoms with Gasteiger partial charge in [0.25, 0.3) is 0 Å². The second-order valence-electron chi connectivity index (χ2n) is 7.28. The number of nitrogens with zero attached hydrogens (tertiary/aromatic N) is 5. The lowest BCUT2D eigenvalue weighted by atomic mass is 10.1. The zero-order valence-electron chi connectivity index (χ0n) is 17.3. The second kappa shape index (κ2) is 7.84. The summed E-state index contributed by atoms with van der Waals surface area (Å²) in [6, 6.07) is 4.10. The highest BCUT2D eigenvalue weighted by molar-refractivity contribution is 5.89. The third kappa shape index (κ3) is 3.52. The smallest absolute Gasteiger partial charge is 0.356 e. The Morgan fingerprint density at radius 3 is 2.81 bits per heavy atom. The quantitative estimate of drug-likeness (QED) is 0.364. The summed E-state index contributed by atoms with van der Waals surface area (Å²) in [4.78, 5) is 21.2. The van der Waals surface area contributed by atoms with Gasteiger partial charge in [-0.3, -0.25) is 9.58 Å². The molecular weight excluding hydrogens is 405 g/mol. The first-order valence-corrected chi connectivity index (χ1v) is 9.72. The number of allylic oxidation sites excluding steroid dienone is 1. The summed E-state index contributed by atoms with van der Waals surface area (Å²) in [7, 11) is 0. The molecule has 0 radical (unpaired) electrons. The molecule has 0 saturated carbocycles. The van der Waals surface area contributed by atoms with Crippen LogP contribution in [0.1, 0.15) is 38.3 Å². The summed E-state index contributed by atoms with van der Waals surface area (Å²) in [5, 5.41) is 5.28. The van der Waals surface area contributed by atoms with E-state index in [2.05, 4.69) is 15.1 Å². The number of ether oxygens (including phenoxy) is 1. The van der Waals surface area contributed by atoms with Gasteiger partial charge in [0.05, 0.1) is 29.4 Å². The number of esters is 1. The Labute approximate surface area is 177 Å². The molecule has 0 aliphatic carbocycles. The van der Waals surface area contributed by atoms with Crippen LogP contribution >= 0.6 is 0 Å². The fourth-order valence-electron chi connectivity index (χ4n) is 3.34. The van der Waals surface area contributed by atoms with Gasteiger partial charge in [0.2, 0.25) is 11.7 Å². The minimum absolute atomic E-state index is 0.0340. The highest BCUT2D eigenvalue weighted by Gasteiger charge is 2.30. The Balaban J connectivity index is 1.94. The number of carbonyl (C=O) groups excluding carboxylic acids is 1. The van der Waals surface area contributed by atoms with Crippen molar-refractivity contribution in [2.75, 3.05) is 11.6 Å². The summed E-state index contributed by atoms with van der Waals surface area (Å²) in [5.41, 5.74) is 8.07. The predicted octanol–water partition coefficient (Wildman–Crippen LogP) is 2.15. The average molecular weight is 427 g/mol. The van der Waals surface area contributed by atoms with Gasteiger partial charge in [-0.15, -0.1) is 0 Å². The molecule has 3 aromatic rings. The van der Waals surface area contributed by atoms with E-state index in [0.29, 0.717) is 28.7 Å². The maximum atomic E-state index is 14.1. The maximum Gasteiger partial charge on any atom is 0.356 e. The molecular formula is C20H22FN7O3. The van der Waals surface area contributed by atoms with Crippen molar-refractivity contribution >= 4 is 11.7 Å². The molecule has 10 nitrogen and oxygen atoms in total. The van der Waals surface area contributed by atoms with Gasteiger partial charge in [0.1, 0.15) is 23.5 Å². The third-order valence-electron chi connectivity index (χ3n) is 4.90. The average Bonchev–Trinajstić information content (AvgIpc) is 3.36. The minimum Gasteiger partial charge on any atom is -0.461 e. The van der Waals surface area contributed by atoms with E-state index in [-0.39, 0.29) is 36.2 Å². The Morgan fingerprint density at radius 1 is 1.35 bits per heavy atom. The van der Waals surface area contributed by atoms with Gasteiger partial charge in [-0.1, -0.05) is 19.0 Å². The molecule has 1 aliphatic rings. The van der Waals surface area contributed by atoms with E-state index >= 15 is 0 Å². The number of fused-ring (bicyclic) bond motifs is 3. The van der Waals surface area contributed by atoms with Gasteiger partial charge in [-0.2, -0.15) is 4.98 Å². The molecule has 0 fully saturated rings. The standard InChI is InChI=1S/C20H22FN7O3/c1-4-30-20(29)16(22)14-8-15-17(18-25-19(10(2)3)31-26-18)24-9-27(15)13-7-11(21)5-6-12(13)28(14)23/h5-7,9-10H,4,8,22-23H2,1-3H3/b16-14-. The molecule has 1 aliphatic heterocycles. The molecule has 0 atom stereocenters. The summed E-state index contributed by atoms with van der Waals surface area (Å²) in [6.07, 6.45) is 1.62. The first-order chi connectivity index (χ1) is 14.8. The Morgan fingerprint density at radius 2 is 2.13 bits per heavy atom. The number of hydrogen-bond donors (Lipinski definition) is 2. The van der Waals surface area contributed by atoms with Crippen molar-refractivity contribution in [1.82, 2.24) is 19.7 Å². The van der Waals surface area contributed by atoms with Gasteiger partial charge < -0.3 is 15.0 Å². The van der Waals surface area contributed by atoms with Crippen LogP contribution in [-0.2, 0) is 16.0 Å². The van der Waals surface area contributed by atoms with Crippen LogP contribution < -0.4 is 16.6 Å². The van der Waals surface area contributed by atoms with Crippen molar-refractivity contribution in [3.63, 3.8) is 0 Å². The molecule has 1 aromatic carbocycles. The first kappa shape index (κ1) is 20.5. The largest absolute Gasteiger partial charge is 0.461 e. The zero-order valence-corrected chi connectivity index (χ0v) is 17.3. The number of aromatic nitrogens is 4. The van der Waals surface area contributed by atoms with E-state index in [9.17, 15) is 9.18 Å². The molecule has 2 aromatic heterocycles. The Hall–Kier alpha value is -3.73. The van der Waals surface area contributed by atoms with Crippen molar-refractivity contribution in [2.24, 2.45) is 11.6 Å². The lowest BCUT2D eigenvalue weighted by Gasteiger charge is -2.22. The Kier molecular flexibility index (Phi) is 5.19. The molecule has 0 amide bonds. The second-order valence-corrected chi connectivity index (χ2v) is 7.28. The predicted molar refractivity (Wildman–Crippen MR) is 109 cm³/mol. The van der Waals surface area contributed by atoms with Crippen molar-refractivity contribution in [1.29, 1.82) is 0 Å². The van der Waals surface area contributed by atoms with Crippen LogP contribution in [0.15, 0.2) is 40.4 Å². The molecule has 31 heavy (non-hydrogen) atoms. The van der Waals surface area contributed by atoms with Gasteiger partial charge >= 0.3 is 5.97 Å². The van der Waals surface area contributed by atoms with Crippen LogP contribution in [0.4, 0.5) is 10.1 Å². The molecule has 162 valence electrons. The zero-order chi connectivity index (χ0) is 22.3. The monoisotopic (exact) mass is 427 g/mol. The number of anilines is 1. The number of hydrogen-bond acceptors (Lipinski definition) is 9. The summed E-state index contributed by atoms with van der Waals surface area (Å²) < 4.78 is 26.1. The van der Waals surface area contributed by atoms with Gasteiger partial charge in [-0.25, -0.2) is 20.0 Å². The number of rotatable bonds is 4. The van der Waals surface area contributed by atoms with Crippen LogP contribution in [0.2, 0.25) is 0 Å². The first-order valence-electron chi connectivity index (χ1n) is 9.72. The number of carbonyl (C=O) groups is 1. The SMILES string of the molecule is CCOC(=O)/C(N)=C1\Cc2c(-c3noc(C(C)C)n3)ncn2-c2cc(F)ccc2N1N. The summed E-state index contributed by atoms with van der Waals surface area (Å²) in [6.45, 7) is 5.69. The third-order valence-corrected chi connectivity index (χ3v) is 4.90. The van der Waals surface area contributed by atoms with Crippen molar-refractivity contribution in [3.05, 3.63) is 53.3 Å². The van der Waals surface area contributed by atoms with Crippen molar-refractivity contribution in [3.8, 4) is 17.2 Å². The van der Waals surface area contributed by atoms with Gasteiger partial charge in [0, 0.05) is 18.4 Å². The fraction of sp³-hybridized carbons (Fsp3) is 0.300. The molecule has 4 rings (SSSR count). The van der Waals surface area contributed by atoms with Crippen molar-refractivity contribution in [2.45, 2.75) is 33.1 Å². The fourth-order valence-corrected chi connectivity index (χ4v) is 3.34. The molecule has 11 heteroatoms. The maximum absolute atomic E-state index is 14.1. The number of nitrogens with two attached hydrogens (primary N) is 2. The van der Waals surface area contributed by atoms with Gasteiger partial charge in [-0.05, 0) is 19.1 Å². The molecule has 0 unspecified atom stereocenters. The van der Waals surface area contributed by atoms with E-state index in [1.807, 2.05) is 13.8 Å². The van der Waals surface area contributed by atoms with Crippen LogP contribution in [0, 0.1) is 5.82 Å². The molecule has 0 bridgehead atoms. The Bertz CT molecular complexity index is 1180. The number of hydrazine groups is 1. The van der Waals surface area contributed by atoms with Crippen molar-refractivity contribution < 1.29 is 18.4 Å². The highest BCUT2D eigenvalue weighted by Crippen LogP contribution is 2.36. The number of halogens is 1. The normalized spacial score (nSPS) is 14.8. The van der Waals surface area contributed by atoms with Crippen LogP contribution in [0.5, 0.6) is 0 Å². The van der Waals surface area contributed by atoms with E-state index in [1.165, 1.54) is 29.5 Å². The van der Waals surface area contributed by atoms with E-state index in [1.54, 1.807) is 11.5 Å². The number of imidazole rings is 1. The lowest BCUT2D eigenvalue weighted by molar-refractivity contribution is -0.138. The van der Waals surface area contributed by atoms with Crippen LogP contribution in [-0.4, -0.2) is 32.3 Å². The van der Waals surface area contributed by atoms with Gasteiger partial charge in [0.15, 0.2) is 0 Å². The number of benzene rings is 1. The molecule has 3 heterocycles. The molecule has 4 N–H and O–H groups in total. The molecule has 0 spiro atoms. The highest BCUT2D eigenvalue weighted by atomic mass is 19.1. The molecule has 0 saturated heterocycles. The summed E-state index contributed by atoms with van der Waals surface area (Å²) in [5.74, 6) is 5.93. The topological polar surface area (TPSA) is 138 Å².